The van der Waals surface area contributed by atoms with Gasteiger partial charge in [-0.15, -0.1) is 0 Å². The lowest BCUT2D eigenvalue weighted by molar-refractivity contribution is 0.0380. The molecule has 0 fully saturated rings. The maximum Gasteiger partial charge on any atom is 0.253 e. The van der Waals surface area contributed by atoms with Crippen LogP contribution >= 0.6 is 0 Å². The highest BCUT2D eigenvalue weighted by Crippen LogP contribution is 2.16. The van der Waals surface area contributed by atoms with Gasteiger partial charge in [0.05, 0.1) is 12.7 Å². The van der Waals surface area contributed by atoms with Crippen LogP contribution in [0.3, 0.4) is 0 Å². The molecule has 106 valence electrons. The zero-order chi connectivity index (χ0) is 14.4. The maximum absolute atomic E-state index is 12.2. The number of carbonyl (C=O) groups excluding carboxylic acids is 1. The summed E-state index contributed by atoms with van der Waals surface area (Å²) in [6.45, 7) is 2.41. The van der Waals surface area contributed by atoms with E-state index in [2.05, 4.69) is 5.32 Å². The zero-order valence-electron chi connectivity index (χ0n) is 11.9. The summed E-state index contributed by atoms with van der Waals surface area (Å²) >= 11 is 0. The summed E-state index contributed by atoms with van der Waals surface area (Å²) in [5.74, 6) is -0.110. The van der Waals surface area contributed by atoms with Gasteiger partial charge in [0.25, 0.3) is 5.91 Å². The fourth-order valence-electron chi connectivity index (χ4n) is 1.94. The number of aliphatic hydroxyl groups is 1. The summed E-state index contributed by atoms with van der Waals surface area (Å²) in [5, 5.41) is 12.7. The normalized spacial score (nSPS) is 12.1. The number of nitrogens with zero attached hydrogens (tertiary/aromatic N) is 1. The van der Waals surface area contributed by atoms with Crippen molar-refractivity contribution >= 4 is 11.6 Å². The summed E-state index contributed by atoms with van der Waals surface area (Å²) in [4.78, 5) is 13.7. The van der Waals surface area contributed by atoms with E-state index in [0.717, 1.165) is 11.3 Å². The number of aryl methyl sites for hydroxylation is 1. The number of aliphatic hydroxyl groups excluding tert-OH is 1. The van der Waals surface area contributed by atoms with E-state index in [4.69, 9.17) is 4.74 Å². The molecule has 0 bridgehead atoms. The highest BCUT2D eigenvalue weighted by atomic mass is 16.5. The Labute approximate surface area is 114 Å². The molecule has 0 radical (unpaired) electrons. The van der Waals surface area contributed by atoms with Crippen molar-refractivity contribution in [3.8, 4) is 0 Å². The molecule has 0 saturated carbocycles. The Hall–Kier alpha value is -1.59. The van der Waals surface area contributed by atoms with Crippen LogP contribution in [0.5, 0.6) is 0 Å². The molecule has 0 aliphatic carbocycles. The lowest BCUT2D eigenvalue weighted by atomic mass is 10.1. The summed E-state index contributed by atoms with van der Waals surface area (Å²) < 4.78 is 4.84. The van der Waals surface area contributed by atoms with Gasteiger partial charge in [0.1, 0.15) is 0 Å². The maximum atomic E-state index is 12.2. The van der Waals surface area contributed by atoms with Crippen LogP contribution in [0, 0.1) is 6.92 Å². The first kappa shape index (κ1) is 15.5. The topological polar surface area (TPSA) is 61.8 Å². The number of rotatable bonds is 6. The van der Waals surface area contributed by atoms with Crippen molar-refractivity contribution in [1.29, 1.82) is 0 Å². The van der Waals surface area contributed by atoms with E-state index in [1.54, 1.807) is 13.1 Å². The molecule has 0 spiro atoms. The summed E-state index contributed by atoms with van der Waals surface area (Å²) in [6.07, 6.45) is -0.670. The first-order valence-electron chi connectivity index (χ1n) is 6.20. The molecule has 2 N–H and O–H groups in total. The van der Waals surface area contributed by atoms with Gasteiger partial charge >= 0.3 is 0 Å². The van der Waals surface area contributed by atoms with Gasteiger partial charge in [-0.3, -0.25) is 4.79 Å². The summed E-state index contributed by atoms with van der Waals surface area (Å²) in [6, 6.07) is 5.50. The first-order chi connectivity index (χ1) is 8.99. The fraction of sp³-hybridized carbons (Fsp3) is 0.500. The van der Waals surface area contributed by atoms with Gasteiger partial charge in [-0.05, 0) is 30.7 Å². The van der Waals surface area contributed by atoms with Crippen molar-refractivity contribution in [2.24, 2.45) is 0 Å². The molecule has 5 nitrogen and oxygen atoms in total. The molecule has 5 heteroatoms. The smallest absolute Gasteiger partial charge is 0.253 e. The van der Waals surface area contributed by atoms with Crippen molar-refractivity contribution in [2.45, 2.75) is 13.0 Å². The van der Waals surface area contributed by atoms with Crippen LogP contribution in [0.4, 0.5) is 5.69 Å². The van der Waals surface area contributed by atoms with Crippen molar-refractivity contribution < 1.29 is 14.6 Å². The number of hydrogen-bond acceptors (Lipinski definition) is 4. The molecule has 1 aromatic rings. The molecule has 1 unspecified atom stereocenters. The lowest BCUT2D eigenvalue weighted by Crippen LogP contribution is -2.36. The Bertz CT molecular complexity index is 435. The summed E-state index contributed by atoms with van der Waals surface area (Å²) in [7, 11) is 5.03. The van der Waals surface area contributed by atoms with Crippen LogP contribution in [0.25, 0.3) is 0 Å². The Morgan fingerprint density at radius 1 is 1.53 bits per heavy atom. The Kier molecular flexibility index (Phi) is 5.79. The molecule has 0 aromatic heterocycles. The second-order valence-corrected chi connectivity index (χ2v) is 4.57. The van der Waals surface area contributed by atoms with E-state index >= 15 is 0 Å². The van der Waals surface area contributed by atoms with E-state index in [9.17, 15) is 9.90 Å². The standard InChI is InChI=1S/C14H22N2O3/c1-10-7-11(5-6-13(10)15-2)14(18)16(3)8-12(17)9-19-4/h5-7,12,15,17H,8-9H2,1-4H3. The number of anilines is 1. The van der Waals surface area contributed by atoms with E-state index in [0.29, 0.717) is 5.56 Å². The van der Waals surface area contributed by atoms with Crippen LogP contribution < -0.4 is 5.32 Å². The van der Waals surface area contributed by atoms with Crippen LogP contribution in [-0.2, 0) is 4.74 Å². The second-order valence-electron chi connectivity index (χ2n) is 4.57. The highest BCUT2D eigenvalue weighted by Gasteiger charge is 2.16. The molecule has 1 amide bonds. The van der Waals surface area contributed by atoms with Crippen LogP contribution in [0.15, 0.2) is 18.2 Å². The van der Waals surface area contributed by atoms with E-state index in [-0.39, 0.29) is 19.1 Å². The minimum atomic E-state index is -0.670. The van der Waals surface area contributed by atoms with E-state index in [1.165, 1.54) is 12.0 Å². The van der Waals surface area contributed by atoms with Gasteiger partial charge in [-0.25, -0.2) is 0 Å². The third-order valence-electron chi connectivity index (χ3n) is 2.93. The minimum absolute atomic E-state index is 0.110. The van der Waals surface area contributed by atoms with Gasteiger partial charge in [-0.2, -0.15) is 0 Å². The number of hydrogen-bond donors (Lipinski definition) is 2. The molecular formula is C14H22N2O3. The lowest BCUT2D eigenvalue weighted by Gasteiger charge is -2.21. The third-order valence-corrected chi connectivity index (χ3v) is 2.93. The molecule has 1 rings (SSSR count). The van der Waals surface area contributed by atoms with Crippen LogP contribution in [-0.4, -0.2) is 56.4 Å². The molecule has 1 atom stereocenters. The SMILES string of the molecule is CNc1ccc(C(=O)N(C)CC(O)COC)cc1C. The zero-order valence-corrected chi connectivity index (χ0v) is 11.9. The number of ether oxygens (including phenoxy) is 1. The fourth-order valence-corrected chi connectivity index (χ4v) is 1.94. The van der Waals surface area contributed by atoms with E-state index < -0.39 is 6.10 Å². The molecule has 1 aromatic carbocycles. The van der Waals surface area contributed by atoms with Crippen molar-refractivity contribution in [1.82, 2.24) is 4.90 Å². The quantitative estimate of drug-likeness (QED) is 0.810. The van der Waals surface area contributed by atoms with Crippen molar-refractivity contribution in [3.63, 3.8) is 0 Å². The van der Waals surface area contributed by atoms with E-state index in [1.807, 2.05) is 26.1 Å². The molecule has 0 saturated heterocycles. The van der Waals surface area contributed by atoms with Crippen LogP contribution in [0.1, 0.15) is 15.9 Å². The van der Waals surface area contributed by atoms with Gasteiger partial charge in [-0.1, -0.05) is 0 Å². The van der Waals surface area contributed by atoms with Crippen molar-refractivity contribution in [3.05, 3.63) is 29.3 Å². The molecule has 0 aliphatic rings. The number of amides is 1. The average molecular weight is 266 g/mol. The number of methoxy groups -OCH3 is 1. The molecule has 0 aliphatic heterocycles. The van der Waals surface area contributed by atoms with Gasteiger partial charge in [0.15, 0.2) is 0 Å². The molecule has 0 heterocycles. The highest BCUT2D eigenvalue weighted by molar-refractivity contribution is 5.94. The largest absolute Gasteiger partial charge is 0.389 e. The Morgan fingerprint density at radius 3 is 2.74 bits per heavy atom. The average Bonchev–Trinajstić information content (AvgIpc) is 2.37. The van der Waals surface area contributed by atoms with Gasteiger partial charge in [0, 0.05) is 39.0 Å². The predicted molar refractivity (Wildman–Crippen MR) is 75.6 cm³/mol. The monoisotopic (exact) mass is 266 g/mol. The number of likely N-dealkylation sites (N-methyl/N-ethyl adjacent to an activating group) is 1. The van der Waals surface area contributed by atoms with Gasteiger partial charge < -0.3 is 20.1 Å². The van der Waals surface area contributed by atoms with Gasteiger partial charge in [0.2, 0.25) is 0 Å². The van der Waals surface area contributed by atoms with Crippen LogP contribution in [0.2, 0.25) is 0 Å². The third kappa shape index (κ3) is 4.22. The molecular weight excluding hydrogens is 244 g/mol. The predicted octanol–water partition coefficient (Wildman–Crippen LogP) is 1.12. The second kappa shape index (κ2) is 7.11. The Morgan fingerprint density at radius 2 is 2.21 bits per heavy atom. The minimum Gasteiger partial charge on any atom is -0.389 e. The first-order valence-corrected chi connectivity index (χ1v) is 6.20. The number of nitrogens with one attached hydrogen (secondary N) is 1. The number of carbonyl (C=O) groups is 1. The molecule has 19 heavy (non-hydrogen) atoms. The Balaban J connectivity index is 2.74. The van der Waals surface area contributed by atoms with Crippen molar-refractivity contribution in [2.75, 3.05) is 39.7 Å². The number of benzene rings is 1. The summed E-state index contributed by atoms with van der Waals surface area (Å²) in [5.41, 5.74) is 2.63.